The van der Waals surface area contributed by atoms with Gasteiger partial charge in [0.25, 0.3) is 0 Å². The average Bonchev–Trinajstić information content (AvgIpc) is 2.30. The number of hydrogen-bond acceptors (Lipinski definition) is 3. The number of nitrogens with zero attached hydrogens (tertiary/aromatic N) is 1. The summed E-state index contributed by atoms with van der Waals surface area (Å²) in [5.74, 6) is 0. The van der Waals surface area contributed by atoms with Crippen molar-refractivity contribution in [2.45, 2.75) is 63.0 Å². The summed E-state index contributed by atoms with van der Waals surface area (Å²) >= 11 is 0. The van der Waals surface area contributed by atoms with Crippen LogP contribution in [0.2, 0.25) is 0 Å². The number of piperidine rings is 1. The molecular weight excluding hydrogens is 202 g/mol. The molecule has 1 aliphatic heterocycles. The molecule has 1 heterocycles. The number of likely N-dealkylation sites (tertiary alicyclic amines) is 1. The molecule has 0 amide bonds. The molecule has 0 aromatic rings. The molecule has 0 bridgehead atoms. The van der Waals surface area contributed by atoms with Crippen LogP contribution in [0.3, 0.4) is 0 Å². The molecule has 1 unspecified atom stereocenters. The summed E-state index contributed by atoms with van der Waals surface area (Å²) < 4.78 is 0. The van der Waals surface area contributed by atoms with E-state index in [1.54, 1.807) is 0 Å². The number of aliphatic hydroxyl groups is 1. The Labute approximate surface area is 97.8 Å². The SMILES string of the molecule is O=CC1CCCCN1CC1(O)CCCCC1. The van der Waals surface area contributed by atoms with Crippen molar-refractivity contribution in [3.8, 4) is 0 Å². The van der Waals surface area contributed by atoms with E-state index in [1.165, 1.54) is 12.8 Å². The van der Waals surface area contributed by atoms with Crippen LogP contribution in [0.4, 0.5) is 0 Å². The molecule has 0 radical (unpaired) electrons. The lowest BCUT2D eigenvalue weighted by atomic mass is 9.83. The monoisotopic (exact) mass is 225 g/mol. The summed E-state index contributed by atoms with van der Waals surface area (Å²) in [6.07, 6.45) is 9.69. The zero-order valence-electron chi connectivity index (χ0n) is 10.0. The van der Waals surface area contributed by atoms with Crippen LogP contribution < -0.4 is 0 Å². The van der Waals surface area contributed by atoms with Crippen LogP contribution in [-0.2, 0) is 4.79 Å². The summed E-state index contributed by atoms with van der Waals surface area (Å²) in [5, 5.41) is 10.5. The van der Waals surface area contributed by atoms with Gasteiger partial charge in [0.15, 0.2) is 0 Å². The number of β-amino-alcohol motifs (C(OH)–C–C–N with tert-alkyl or cyclic N) is 1. The van der Waals surface area contributed by atoms with Crippen molar-refractivity contribution < 1.29 is 9.90 Å². The highest BCUT2D eigenvalue weighted by Gasteiger charge is 2.34. The molecule has 3 heteroatoms. The molecule has 1 atom stereocenters. The van der Waals surface area contributed by atoms with E-state index in [0.717, 1.165) is 51.4 Å². The second kappa shape index (κ2) is 5.28. The predicted octanol–water partition coefficient (Wildman–Crippen LogP) is 1.73. The smallest absolute Gasteiger partial charge is 0.137 e. The Morgan fingerprint density at radius 3 is 2.62 bits per heavy atom. The molecular formula is C13H23NO2. The maximum Gasteiger partial charge on any atom is 0.137 e. The third-order valence-corrected chi connectivity index (χ3v) is 4.10. The zero-order chi connectivity index (χ0) is 11.4. The van der Waals surface area contributed by atoms with Gasteiger partial charge < -0.3 is 9.90 Å². The van der Waals surface area contributed by atoms with Crippen LogP contribution in [-0.4, -0.2) is 41.0 Å². The van der Waals surface area contributed by atoms with E-state index in [1.807, 2.05) is 0 Å². The molecule has 1 saturated heterocycles. The lowest BCUT2D eigenvalue weighted by molar-refractivity contribution is -0.115. The van der Waals surface area contributed by atoms with Gasteiger partial charge in [0.2, 0.25) is 0 Å². The number of hydrogen-bond donors (Lipinski definition) is 1. The highest BCUT2D eigenvalue weighted by atomic mass is 16.3. The Morgan fingerprint density at radius 1 is 1.19 bits per heavy atom. The molecule has 2 fully saturated rings. The topological polar surface area (TPSA) is 40.5 Å². The number of carbonyl (C=O) groups excluding carboxylic acids is 1. The van der Waals surface area contributed by atoms with Crippen molar-refractivity contribution in [3.05, 3.63) is 0 Å². The quantitative estimate of drug-likeness (QED) is 0.744. The summed E-state index contributed by atoms with van der Waals surface area (Å²) in [6, 6.07) is 0.0553. The summed E-state index contributed by atoms with van der Waals surface area (Å²) in [5.41, 5.74) is -0.517. The van der Waals surface area contributed by atoms with Crippen molar-refractivity contribution in [1.82, 2.24) is 4.90 Å². The molecule has 92 valence electrons. The van der Waals surface area contributed by atoms with E-state index in [9.17, 15) is 9.90 Å². The molecule has 1 N–H and O–H groups in total. The van der Waals surface area contributed by atoms with Gasteiger partial charge in [0.1, 0.15) is 6.29 Å². The highest BCUT2D eigenvalue weighted by Crippen LogP contribution is 2.30. The normalized spacial score (nSPS) is 31.2. The Morgan fingerprint density at radius 2 is 1.94 bits per heavy atom. The number of rotatable bonds is 3. The van der Waals surface area contributed by atoms with Gasteiger partial charge in [-0.15, -0.1) is 0 Å². The largest absolute Gasteiger partial charge is 0.389 e. The molecule has 2 rings (SSSR count). The maximum absolute atomic E-state index is 11.0. The van der Waals surface area contributed by atoms with Gasteiger partial charge in [-0.1, -0.05) is 25.7 Å². The third-order valence-electron chi connectivity index (χ3n) is 4.10. The molecule has 3 nitrogen and oxygen atoms in total. The molecule has 1 aliphatic carbocycles. The average molecular weight is 225 g/mol. The van der Waals surface area contributed by atoms with Gasteiger partial charge in [-0.05, 0) is 32.2 Å². The van der Waals surface area contributed by atoms with Gasteiger partial charge >= 0.3 is 0 Å². The fourth-order valence-corrected chi connectivity index (χ4v) is 3.11. The molecule has 0 aromatic carbocycles. The molecule has 0 aromatic heterocycles. The first-order valence-corrected chi connectivity index (χ1v) is 6.65. The Bertz CT molecular complexity index is 236. The number of aldehydes is 1. The van der Waals surface area contributed by atoms with E-state index in [-0.39, 0.29) is 6.04 Å². The second-order valence-corrected chi connectivity index (χ2v) is 5.45. The van der Waals surface area contributed by atoms with Gasteiger partial charge in [-0.2, -0.15) is 0 Å². The van der Waals surface area contributed by atoms with Crippen LogP contribution in [0.15, 0.2) is 0 Å². The first kappa shape index (κ1) is 12.1. The Balaban J connectivity index is 1.93. The summed E-state index contributed by atoms with van der Waals surface area (Å²) in [6.45, 7) is 1.68. The minimum Gasteiger partial charge on any atom is -0.389 e. The number of carbonyl (C=O) groups is 1. The maximum atomic E-state index is 11.0. The fraction of sp³-hybridized carbons (Fsp3) is 0.923. The fourth-order valence-electron chi connectivity index (χ4n) is 3.11. The van der Waals surface area contributed by atoms with Gasteiger partial charge in [-0.25, -0.2) is 0 Å². The third kappa shape index (κ3) is 2.83. The van der Waals surface area contributed by atoms with Gasteiger partial charge in [0.05, 0.1) is 11.6 Å². The Hall–Kier alpha value is -0.410. The predicted molar refractivity (Wildman–Crippen MR) is 63.3 cm³/mol. The second-order valence-electron chi connectivity index (χ2n) is 5.45. The van der Waals surface area contributed by atoms with Crippen LogP contribution >= 0.6 is 0 Å². The molecule has 2 aliphatic rings. The minimum atomic E-state index is -0.517. The van der Waals surface area contributed by atoms with Crippen LogP contribution in [0.25, 0.3) is 0 Å². The first-order chi connectivity index (χ1) is 7.73. The van der Waals surface area contributed by atoms with Crippen molar-refractivity contribution >= 4 is 6.29 Å². The summed E-state index contributed by atoms with van der Waals surface area (Å²) in [7, 11) is 0. The first-order valence-electron chi connectivity index (χ1n) is 6.65. The van der Waals surface area contributed by atoms with E-state index in [0.29, 0.717) is 6.54 Å². The van der Waals surface area contributed by atoms with Crippen LogP contribution in [0.1, 0.15) is 51.4 Å². The Kier molecular flexibility index (Phi) is 3.98. The zero-order valence-corrected chi connectivity index (χ0v) is 10.0. The van der Waals surface area contributed by atoms with Crippen molar-refractivity contribution in [2.24, 2.45) is 0 Å². The van der Waals surface area contributed by atoms with Crippen molar-refractivity contribution in [1.29, 1.82) is 0 Å². The molecule has 0 spiro atoms. The van der Waals surface area contributed by atoms with E-state index in [4.69, 9.17) is 0 Å². The standard InChI is InChI=1S/C13H23NO2/c15-10-12-6-2-5-9-14(12)11-13(16)7-3-1-4-8-13/h10,12,16H,1-9,11H2. The highest BCUT2D eigenvalue weighted by molar-refractivity contribution is 5.57. The lowest BCUT2D eigenvalue weighted by Gasteiger charge is -2.40. The van der Waals surface area contributed by atoms with Gasteiger partial charge in [0, 0.05) is 6.54 Å². The molecule has 16 heavy (non-hydrogen) atoms. The van der Waals surface area contributed by atoms with Crippen molar-refractivity contribution in [3.63, 3.8) is 0 Å². The van der Waals surface area contributed by atoms with Crippen molar-refractivity contribution in [2.75, 3.05) is 13.1 Å². The van der Waals surface area contributed by atoms with Crippen LogP contribution in [0.5, 0.6) is 0 Å². The minimum absolute atomic E-state index is 0.0553. The van der Waals surface area contributed by atoms with E-state index in [2.05, 4.69) is 4.90 Å². The molecule has 1 saturated carbocycles. The van der Waals surface area contributed by atoms with Crippen LogP contribution in [0, 0.1) is 0 Å². The van der Waals surface area contributed by atoms with Gasteiger partial charge in [-0.3, -0.25) is 4.90 Å². The summed E-state index contributed by atoms with van der Waals surface area (Å²) in [4.78, 5) is 13.2. The lowest BCUT2D eigenvalue weighted by Crippen LogP contribution is -2.50. The van der Waals surface area contributed by atoms with E-state index >= 15 is 0 Å². The van der Waals surface area contributed by atoms with E-state index < -0.39 is 5.60 Å².